The van der Waals surface area contributed by atoms with E-state index in [0.717, 1.165) is 5.52 Å². The fourth-order valence-electron chi connectivity index (χ4n) is 1.04. The number of nitrogens with one attached hydrogen (secondary N) is 1. The minimum atomic E-state index is -0.430. The maximum atomic E-state index is 10.3. The van der Waals surface area contributed by atoms with Crippen molar-refractivity contribution in [3.8, 4) is 0 Å². The zero-order valence-electron chi connectivity index (χ0n) is 7.02. The Labute approximate surface area is 95.6 Å². The Morgan fingerprint density at radius 2 is 2.23 bits per heavy atom. The zero-order valence-corrected chi connectivity index (χ0v) is 9.02. The molecule has 2 aromatic rings. The topological polar surface area (TPSA) is 71.8 Å². The van der Waals surface area contributed by atoms with Crippen molar-refractivity contribution in [3.63, 3.8) is 0 Å². The van der Waals surface area contributed by atoms with E-state index in [-0.39, 0.29) is 35.2 Å². The van der Waals surface area contributed by atoms with Crippen molar-refractivity contribution in [1.29, 1.82) is 0 Å². The van der Waals surface area contributed by atoms with Gasteiger partial charge in [0.25, 0.3) is 5.69 Å². The quantitative estimate of drug-likeness (QED) is 0.411. The van der Waals surface area contributed by atoms with Crippen LogP contribution in [-0.2, 0) is 0 Å². The van der Waals surface area contributed by atoms with Crippen molar-refractivity contribution in [1.82, 2.24) is 9.97 Å². The maximum absolute atomic E-state index is 10.3. The first-order valence-corrected chi connectivity index (χ1v) is 3.35. The molecule has 0 aliphatic carbocycles. The fraction of sp³-hybridized carbons (Fsp3) is 0. The number of benzene rings is 1. The van der Waals surface area contributed by atoms with Gasteiger partial charge in [0.15, 0.2) is 0 Å². The molecule has 1 heterocycles. The number of rotatable bonds is 1. The summed E-state index contributed by atoms with van der Waals surface area (Å²) in [4.78, 5) is 16.6. The Morgan fingerprint density at radius 3 is 2.92 bits per heavy atom. The van der Waals surface area contributed by atoms with Gasteiger partial charge in [-0.3, -0.25) is 10.1 Å². The molecule has 0 fully saturated rings. The number of nitro benzene ring substituents is 1. The van der Waals surface area contributed by atoms with Crippen LogP contribution in [0.2, 0.25) is 0 Å². The van der Waals surface area contributed by atoms with Crippen molar-refractivity contribution >= 4 is 46.3 Å². The van der Waals surface area contributed by atoms with Crippen LogP contribution in [0.5, 0.6) is 0 Å². The summed E-state index contributed by atoms with van der Waals surface area (Å²) in [5, 5.41) is 10.3. The van der Waals surface area contributed by atoms with E-state index in [0.29, 0.717) is 5.52 Å². The Hall–Kier alpha value is -0.910. The second-order valence-electron chi connectivity index (χ2n) is 2.36. The molecule has 1 aromatic heterocycles. The van der Waals surface area contributed by atoms with Gasteiger partial charge in [-0.1, -0.05) is 0 Å². The van der Waals surface area contributed by atoms with Gasteiger partial charge in [0.1, 0.15) is 0 Å². The molecule has 0 saturated heterocycles. The van der Waals surface area contributed by atoms with Crippen molar-refractivity contribution in [2.45, 2.75) is 0 Å². The summed E-state index contributed by atoms with van der Waals surface area (Å²) < 4.78 is 0. The van der Waals surface area contributed by atoms with E-state index in [1.807, 2.05) is 0 Å². The Morgan fingerprint density at radius 1 is 1.46 bits per heavy atom. The van der Waals surface area contributed by atoms with Crippen LogP contribution in [0.1, 0.15) is 0 Å². The van der Waals surface area contributed by atoms with Gasteiger partial charge in [-0.05, 0) is 6.07 Å². The molecule has 0 aliphatic rings. The van der Waals surface area contributed by atoms with Crippen molar-refractivity contribution in [2.75, 3.05) is 0 Å². The van der Waals surface area contributed by atoms with Crippen LogP contribution in [0.25, 0.3) is 11.0 Å². The molecule has 0 unspecified atom stereocenters. The van der Waals surface area contributed by atoms with Gasteiger partial charge < -0.3 is 4.98 Å². The van der Waals surface area contributed by atoms with Gasteiger partial charge in [0, 0.05) is 41.7 Å². The number of H-pyrrole nitrogens is 1. The van der Waals surface area contributed by atoms with E-state index in [9.17, 15) is 10.1 Å². The molecule has 6 heteroatoms. The molecule has 1 radical (unpaired) electrons. The number of aromatic amines is 1. The SMILES string of the molecule is O=[N+]([O-])c1ccc2nc[nH]c2c1.[Na]. The summed E-state index contributed by atoms with van der Waals surface area (Å²) in [5.41, 5.74) is 1.50. The molecule has 0 spiro atoms. The molecule has 0 saturated carbocycles. The maximum Gasteiger partial charge on any atom is 0.271 e. The molecule has 0 amide bonds. The third-order valence-electron chi connectivity index (χ3n) is 1.61. The molecule has 0 bridgehead atoms. The molecule has 1 N–H and O–H groups in total. The number of imidazole rings is 1. The molecule has 61 valence electrons. The number of aromatic nitrogens is 2. The molecule has 1 aromatic carbocycles. The summed E-state index contributed by atoms with van der Waals surface area (Å²) in [7, 11) is 0. The van der Waals surface area contributed by atoms with Crippen LogP contribution in [-0.4, -0.2) is 44.4 Å². The van der Waals surface area contributed by atoms with E-state index in [1.165, 1.54) is 18.5 Å². The number of hydrogen-bond acceptors (Lipinski definition) is 3. The third-order valence-corrected chi connectivity index (χ3v) is 1.61. The molecular weight excluding hydrogens is 181 g/mol. The zero-order chi connectivity index (χ0) is 8.55. The van der Waals surface area contributed by atoms with E-state index < -0.39 is 4.92 Å². The van der Waals surface area contributed by atoms with Gasteiger partial charge >= 0.3 is 0 Å². The van der Waals surface area contributed by atoms with Gasteiger partial charge in [-0.2, -0.15) is 0 Å². The summed E-state index contributed by atoms with van der Waals surface area (Å²) in [6.07, 6.45) is 1.51. The first-order valence-electron chi connectivity index (χ1n) is 3.35. The average molecular weight is 186 g/mol. The van der Waals surface area contributed by atoms with Crippen molar-refractivity contribution < 1.29 is 4.92 Å². The molecule has 0 atom stereocenters. The van der Waals surface area contributed by atoms with E-state index >= 15 is 0 Å². The van der Waals surface area contributed by atoms with Gasteiger partial charge in [0.05, 0.1) is 22.3 Å². The summed E-state index contributed by atoms with van der Waals surface area (Å²) in [5.74, 6) is 0. The van der Waals surface area contributed by atoms with Crippen LogP contribution >= 0.6 is 0 Å². The predicted octanol–water partition coefficient (Wildman–Crippen LogP) is 1.09. The molecule has 0 aliphatic heterocycles. The molecule has 13 heavy (non-hydrogen) atoms. The number of nitro groups is 1. The second kappa shape index (κ2) is 3.87. The van der Waals surface area contributed by atoms with Crippen LogP contribution in [0.4, 0.5) is 5.69 Å². The van der Waals surface area contributed by atoms with Gasteiger partial charge in [-0.25, -0.2) is 4.98 Å². The standard InChI is InChI=1S/C7H5N3O2.Na/c11-10(12)5-1-2-6-7(3-5)9-4-8-6;/h1-4H,(H,8,9);. The Kier molecular flexibility index (Phi) is 3.02. The smallest absolute Gasteiger partial charge is 0.271 e. The minimum absolute atomic E-state index is 0. The number of non-ortho nitro benzene ring substituents is 1. The number of hydrogen-bond donors (Lipinski definition) is 1. The Bertz CT molecular complexity index is 440. The van der Waals surface area contributed by atoms with Gasteiger partial charge in [0.2, 0.25) is 0 Å². The van der Waals surface area contributed by atoms with Gasteiger partial charge in [-0.15, -0.1) is 0 Å². The summed E-state index contributed by atoms with van der Waals surface area (Å²) in [6, 6.07) is 4.51. The summed E-state index contributed by atoms with van der Waals surface area (Å²) in [6.45, 7) is 0. The number of nitrogens with zero attached hydrogens (tertiary/aromatic N) is 2. The van der Waals surface area contributed by atoms with Crippen LogP contribution in [0.3, 0.4) is 0 Å². The largest absolute Gasteiger partial charge is 0.344 e. The number of fused-ring (bicyclic) bond motifs is 1. The fourth-order valence-corrected chi connectivity index (χ4v) is 1.04. The van der Waals surface area contributed by atoms with Crippen LogP contribution in [0, 0.1) is 10.1 Å². The molecular formula is C7H5N3NaO2. The van der Waals surface area contributed by atoms with E-state index in [2.05, 4.69) is 9.97 Å². The molecule has 5 nitrogen and oxygen atoms in total. The minimum Gasteiger partial charge on any atom is -0.344 e. The predicted molar refractivity (Wildman–Crippen MR) is 48.5 cm³/mol. The first-order chi connectivity index (χ1) is 5.77. The van der Waals surface area contributed by atoms with E-state index in [4.69, 9.17) is 0 Å². The van der Waals surface area contributed by atoms with Crippen LogP contribution < -0.4 is 0 Å². The average Bonchev–Trinajstić information content (AvgIpc) is 2.49. The van der Waals surface area contributed by atoms with Crippen molar-refractivity contribution in [2.24, 2.45) is 0 Å². The first kappa shape index (κ1) is 10.2. The third kappa shape index (κ3) is 1.88. The van der Waals surface area contributed by atoms with Crippen molar-refractivity contribution in [3.05, 3.63) is 34.6 Å². The second-order valence-corrected chi connectivity index (χ2v) is 2.36. The Balaban J connectivity index is 0.000000845. The van der Waals surface area contributed by atoms with E-state index in [1.54, 1.807) is 6.07 Å². The monoisotopic (exact) mass is 186 g/mol. The molecule has 2 rings (SSSR count). The van der Waals surface area contributed by atoms with Crippen LogP contribution in [0.15, 0.2) is 24.5 Å². The normalized spacial score (nSPS) is 9.54. The summed E-state index contributed by atoms with van der Waals surface area (Å²) >= 11 is 0.